The van der Waals surface area contributed by atoms with Crippen LogP contribution in [-0.4, -0.2) is 59.7 Å². The maximum absolute atomic E-state index is 11.9. The Bertz CT molecular complexity index is 1040. The predicted octanol–water partition coefficient (Wildman–Crippen LogP) is 10.8. The summed E-state index contributed by atoms with van der Waals surface area (Å²) in [6, 6.07) is 0.977. The standard InChI is InChI=1S/C7H14O.C6H13N.C6H12O.C6H10O.C6H12.C5H9F.C5H11N.C5H10O/c1-7(2)5-4-6(7)8-3;1-6(2)4-3-5(6)7;2*1-6(2)3-5(7)4-6;1-5-4-6(5,2)3;3*1-5(2)3-4(5)6/h6H,4-5H2,1-3H3;5H,3-4,7H2,1-2H3;5,7H,3-4H2,1-2H3;3-4H2,1-2H3;5H,4H2,1-3H3;4H,3H2,1-2H3;4H,3,6H2,1-2H3;4,6H,3H2,1-2H3. The largest absolute Gasteiger partial charge is 0.393 e. The van der Waals surface area contributed by atoms with Crippen LogP contribution in [0.3, 0.4) is 0 Å². The summed E-state index contributed by atoms with van der Waals surface area (Å²) in [6.07, 6.45) is 13.2. The van der Waals surface area contributed by atoms with Gasteiger partial charge < -0.3 is 26.4 Å². The van der Waals surface area contributed by atoms with Crippen molar-refractivity contribution < 1.29 is 24.1 Å². The summed E-state index contributed by atoms with van der Waals surface area (Å²) >= 11 is 0. The van der Waals surface area contributed by atoms with E-state index in [9.17, 15) is 9.18 Å². The number of Topliss-reactive ketones (excluding diaryl/α,β-unsaturated/α-hetero) is 1. The first-order valence-electron chi connectivity index (χ1n) is 21.1. The Morgan fingerprint density at radius 3 is 0.906 bits per heavy atom. The lowest BCUT2D eigenvalue weighted by molar-refractivity contribution is -0.130. The molecular formula is C46H91FN2O4. The average molecular weight is 755 g/mol. The molecule has 8 fully saturated rings. The molecular weight excluding hydrogens is 664 g/mol. The number of rotatable bonds is 1. The van der Waals surface area contributed by atoms with Gasteiger partial charge in [0, 0.05) is 32.0 Å². The molecule has 0 aromatic carbocycles. The van der Waals surface area contributed by atoms with Crippen LogP contribution in [0.25, 0.3) is 0 Å². The molecule has 6 atom stereocenters. The number of aliphatic hydroxyl groups is 2. The molecule has 6 N–H and O–H groups in total. The first kappa shape index (κ1) is 50.4. The smallest absolute Gasteiger partial charge is 0.134 e. The number of alkyl halides is 1. The van der Waals surface area contributed by atoms with E-state index in [2.05, 4.69) is 104 Å². The van der Waals surface area contributed by atoms with Crippen molar-refractivity contribution in [1.82, 2.24) is 0 Å². The van der Waals surface area contributed by atoms with Crippen molar-refractivity contribution in [2.75, 3.05) is 7.11 Å². The third kappa shape index (κ3) is 18.9. The van der Waals surface area contributed by atoms with E-state index in [0.29, 0.717) is 56.5 Å². The van der Waals surface area contributed by atoms with Crippen LogP contribution < -0.4 is 11.5 Å². The fourth-order valence-corrected chi connectivity index (χ4v) is 6.48. The Morgan fingerprint density at radius 1 is 0.585 bits per heavy atom. The molecule has 7 heteroatoms. The van der Waals surface area contributed by atoms with Gasteiger partial charge in [0.15, 0.2) is 0 Å². The van der Waals surface area contributed by atoms with E-state index < -0.39 is 6.17 Å². The van der Waals surface area contributed by atoms with Crippen LogP contribution >= 0.6 is 0 Å². The second-order valence-corrected chi connectivity index (χ2v) is 23.9. The van der Waals surface area contributed by atoms with E-state index in [-0.39, 0.29) is 23.0 Å². The molecule has 0 aromatic rings. The van der Waals surface area contributed by atoms with Gasteiger partial charge in [-0.25, -0.2) is 4.39 Å². The molecule has 8 aliphatic rings. The first-order chi connectivity index (χ1) is 23.5. The van der Waals surface area contributed by atoms with Gasteiger partial charge in [0.25, 0.3) is 0 Å². The fourth-order valence-electron chi connectivity index (χ4n) is 6.48. The molecule has 0 aliphatic heterocycles. The van der Waals surface area contributed by atoms with Crippen LogP contribution in [0, 0.1) is 49.2 Å². The maximum Gasteiger partial charge on any atom is 0.134 e. The normalized spacial score (nSPS) is 35.4. The van der Waals surface area contributed by atoms with Crippen molar-refractivity contribution in [1.29, 1.82) is 0 Å². The molecule has 0 amide bonds. The highest BCUT2D eigenvalue weighted by Gasteiger charge is 2.46. The van der Waals surface area contributed by atoms with Crippen LogP contribution in [0.15, 0.2) is 0 Å². The molecule has 6 unspecified atom stereocenters. The van der Waals surface area contributed by atoms with E-state index in [1.54, 1.807) is 7.11 Å². The summed E-state index contributed by atoms with van der Waals surface area (Å²) in [5, 5.41) is 17.5. The number of hydrogen-bond acceptors (Lipinski definition) is 6. The van der Waals surface area contributed by atoms with Crippen LogP contribution in [0.1, 0.15) is 195 Å². The second-order valence-electron chi connectivity index (χ2n) is 23.9. The minimum Gasteiger partial charge on any atom is -0.393 e. The van der Waals surface area contributed by atoms with Crippen molar-refractivity contribution in [3.63, 3.8) is 0 Å². The van der Waals surface area contributed by atoms with Crippen LogP contribution in [0.4, 0.5) is 4.39 Å². The number of ether oxygens (including phenoxy) is 1. The fraction of sp³-hybridized carbons (Fsp3) is 0.978. The number of nitrogens with two attached hydrogens (primary N) is 2. The average Bonchev–Trinajstić information content (AvgIpc) is 3.91. The summed E-state index contributed by atoms with van der Waals surface area (Å²) in [5.74, 6) is 1.42. The lowest BCUT2D eigenvalue weighted by atomic mass is 9.68. The third-order valence-corrected chi connectivity index (χ3v) is 13.7. The van der Waals surface area contributed by atoms with Gasteiger partial charge in [-0.3, -0.25) is 4.79 Å². The lowest BCUT2D eigenvalue weighted by Gasteiger charge is -2.43. The molecule has 6 nitrogen and oxygen atoms in total. The third-order valence-electron chi connectivity index (χ3n) is 13.7. The number of aliphatic hydroxyl groups excluding tert-OH is 2. The van der Waals surface area contributed by atoms with Crippen molar-refractivity contribution in [2.24, 2.45) is 60.7 Å². The Hall–Kier alpha value is -0.600. The minimum absolute atomic E-state index is 0.00231. The number of ketones is 1. The molecule has 8 saturated carbocycles. The molecule has 8 rings (SSSR count). The van der Waals surface area contributed by atoms with E-state index in [4.69, 9.17) is 26.4 Å². The zero-order valence-corrected chi connectivity index (χ0v) is 38.3. The summed E-state index contributed by atoms with van der Waals surface area (Å²) in [4.78, 5) is 10.3. The van der Waals surface area contributed by atoms with E-state index in [0.717, 1.165) is 44.4 Å². The second kappa shape index (κ2) is 18.3. The van der Waals surface area contributed by atoms with Gasteiger partial charge in [0.1, 0.15) is 12.0 Å². The van der Waals surface area contributed by atoms with Crippen molar-refractivity contribution in [2.45, 2.75) is 231 Å². The van der Waals surface area contributed by atoms with Gasteiger partial charge in [-0.15, -0.1) is 0 Å². The summed E-state index contributed by atoms with van der Waals surface area (Å²) in [7, 11) is 1.80. The molecule has 0 aromatic heterocycles. The summed E-state index contributed by atoms with van der Waals surface area (Å²) in [5.41, 5.74) is 14.4. The highest BCUT2D eigenvalue weighted by molar-refractivity contribution is 5.85. The monoisotopic (exact) mass is 755 g/mol. The molecule has 8 aliphatic carbocycles. The molecule has 0 heterocycles. The highest BCUT2D eigenvalue weighted by Crippen LogP contribution is 2.51. The van der Waals surface area contributed by atoms with Crippen LogP contribution in [-0.2, 0) is 9.53 Å². The Morgan fingerprint density at radius 2 is 0.906 bits per heavy atom. The number of hydrogen-bond donors (Lipinski definition) is 4. The van der Waals surface area contributed by atoms with Gasteiger partial charge in [-0.2, -0.15) is 0 Å². The maximum atomic E-state index is 11.9. The number of methoxy groups -OCH3 is 1. The zero-order chi connectivity index (χ0) is 41.8. The first-order valence-corrected chi connectivity index (χ1v) is 21.1. The van der Waals surface area contributed by atoms with Crippen molar-refractivity contribution >= 4 is 5.78 Å². The highest BCUT2D eigenvalue weighted by atomic mass is 19.1. The van der Waals surface area contributed by atoms with Crippen molar-refractivity contribution in [3.8, 4) is 0 Å². The summed E-state index contributed by atoms with van der Waals surface area (Å²) in [6.45, 7) is 36.9. The molecule has 0 saturated heterocycles. The molecule has 0 bridgehead atoms. The van der Waals surface area contributed by atoms with Crippen molar-refractivity contribution in [3.05, 3.63) is 0 Å². The van der Waals surface area contributed by atoms with Crippen LogP contribution in [0.5, 0.6) is 0 Å². The SMILES string of the molecule is CC1(C)CC(=O)C1.CC1(C)CC(O)C1.CC1(C)CC1F.CC1(C)CC1N.CC1(C)CC1O.CC1(C)CCC1N.CC1CC1(C)C.COC1CCC1(C)C. The molecule has 0 spiro atoms. The quantitative estimate of drug-likeness (QED) is 0.212. The van der Waals surface area contributed by atoms with Crippen LogP contribution in [0.2, 0.25) is 0 Å². The Kier molecular flexibility index (Phi) is 17.4. The number of carbonyl (C=O) groups excluding carboxylic acids is 1. The zero-order valence-electron chi connectivity index (χ0n) is 38.3. The van der Waals surface area contributed by atoms with E-state index in [1.165, 1.54) is 38.5 Å². The molecule has 53 heavy (non-hydrogen) atoms. The van der Waals surface area contributed by atoms with E-state index >= 15 is 0 Å². The van der Waals surface area contributed by atoms with Gasteiger partial charge in [0.05, 0.1) is 18.3 Å². The van der Waals surface area contributed by atoms with Gasteiger partial charge in [-0.1, -0.05) is 118 Å². The number of halogens is 1. The Balaban J connectivity index is 0.000000303. The molecule has 0 radical (unpaired) electrons. The van der Waals surface area contributed by atoms with Gasteiger partial charge in [-0.05, 0) is 113 Å². The van der Waals surface area contributed by atoms with Gasteiger partial charge in [0.2, 0.25) is 0 Å². The summed E-state index contributed by atoms with van der Waals surface area (Å²) < 4.78 is 17.1. The molecule has 316 valence electrons. The topological polar surface area (TPSA) is 119 Å². The van der Waals surface area contributed by atoms with Gasteiger partial charge >= 0.3 is 0 Å². The number of carbonyl (C=O) groups is 1. The Labute approximate surface area is 328 Å². The van der Waals surface area contributed by atoms with E-state index in [1.807, 2.05) is 13.8 Å². The lowest BCUT2D eigenvalue weighted by Crippen LogP contribution is -2.46. The minimum atomic E-state index is -0.502. The predicted molar refractivity (Wildman–Crippen MR) is 223 cm³/mol.